The molecule has 0 spiro atoms. The van der Waals surface area contributed by atoms with E-state index in [2.05, 4.69) is 124 Å². The van der Waals surface area contributed by atoms with Crippen molar-refractivity contribution in [3.63, 3.8) is 0 Å². The van der Waals surface area contributed by atoms with E-state index in [4.69, 9.17) is 18.9 Å². The molecule has 4 aromatic rings. The van der Waals surface area contributed by atoms with Gasteiger partial charge in [0.1, 0.15) is 36.9 Å². The van der Waals surface area contributed by atoms with Crippen molar-refractivity contribution in [2.24, 2.45) is 0 Å². The molecule has 4 nitrogen and oxygen atoms in total. The van der Waals surface area contributed by atoms with Crippen molar-refractivity contribution in [1.29, 1.82) is 0 Å². The summed E-state index contributed by atoms with van der Waals surface area (Å²) in [5.74, 6) is 1.73. The Morgan fingerprint density at radius 2 is 0.897 bits per heavy atom. The van der Waals surface area contributed by atoms with Crippen LogP contribution in [0, 0.1) is 0 Å². The quantitative estimate of drug-likeness (QED) is 0.159. The van der Waals surface area contributed by atoms with Crippen LogP contribution >= 0.6 is 0 Å². The highest BCUT2D eigenvalue weighted by atomic mass is 16.6. The van der Waals surface area contributed by atoms with Gasteiger partial charge in [0.15, 0.2) is 0 Å². The lowest BCUT2D eigenvalue weighted by Gasteiger charge is -2.33. The van der Waals surface area contributed by atoms with E-state index >= 15 is 0 Å². The molecule has 0 N–H and O–H groups in total. The van der Waals surface area contributed by atoms with Crippen LogP contribution < -0.4 is 9.47 Å². The van der Waals surface area contributed by atoms with E-state index in [0.717, 1.165) is 24.7 Å². The Balaban J connectivity index is 1.32. The highest BCUT2D eigenvalue weighted by molar-refractivity contribution is 5.52. The van der Waals surface area contributed by atoms with Crippen molar-refractivity contribution in [1.82, 2.24) is 0 Å². The molecule has 0 aliphatic carbocycles. The molecule has 0 bridgehead atoms. The summed E-state index contributed by atoms with van der Waals surface area (Å²) in [5.41, 5.74) is 5.77. The van der Waals surface area contributed by atoms with Crippen molar-refractivity contribution in [3.8, 4) is 11.5 Å². The van der Waals surface area contributed by atoms with Crippen LogP contribution in [-0.2, 0) is 20.3 Å². The zero-order valence-corrected chi connectivity index (χ0v) is 22.9. The molecule has 0 saturated carbocycles. The minimum atomic E-state index is -0.369. The summed E-state index contributed by atoms with van der Waals surface area (Å²) < 4.78 is 22.4. The molecular weight excluding hydrogens is 484 g/mol. The Labute approximate surface area is 231 Å². The zero-order chi connectivity index (χ0) is 26.9. The zero-order valence-electron chi connectivity index (χ0n) is 22.9. The Kier molecular flexibility index (Phi) is 6.92. The van der Waals surface area contributed by atoms with Crippen LogP contribution in [0.4, 0.5) is 0 Å². The molecule has 2 aliphatic heterocycles. The SMILES string of the molecule is CC(C)(c1ccccc1)c1ccc(C(C)(c2ccc(OCC3CO3)cc2)c2ccc(OCC3CO3)cc2)cc1. The van der Waals surface area contributed by atoms with Crippen LogP contribution in [0.1, 0.15) is 48.6 Å². The molecule has 0 aromatic heterocycles. The average molecular weight is 521 g/mol. The third kappa shape index (κ3) is 5.59. The topological polar surface area (TPSA) is 43.5 Å². The van der Waals surface area contributed by atoms with Crippen molar-refractivity contribution >= 4 is 0 Å². The lowest BCUT2D eigenvalue weighted by atomic mass is 9.70. The van der Waals surface area contributed by atoms with Crippen LogP contribution in [0.2, 0.25) is 0 Å². The van der Waals surface area contributed by atoms with Gasteiger partial charge in [-0.05, 0) is 59.0 Å². The molecule has 2 atom stereocenters. The first-order chi connectivity index (χ1) is 18.9. The lowest BCUT2D eigenvalue weighted by Crippen LogP contribution is -2.26. The van der Waals surface area contributed by atoms with Gasteiger partial charge < -0.3 is 18.9 Å². The van der Waals surface area contributed by atoms with E-state index in [-0.39, 0.29) is 23.0 Å². The predicted octanol–water partition coefficient (Wildman–Crippen LogP) is 6.92. The highest BCUT2D eigenvalue weighted by Gasteiger charge is 2.33. The molecule has 2 unspecified atom stereocenters. The normalized spacial score (nSPS) is 19.7. The van der Waals surface area contributed by atoms with E-state index in [0.29, 0.717) is 13.2 Å². The molecule has 0 radical (unpaired) electrons. The summed E-state index contributed by atoms with van der Waals surface area (Å²) in [4.78, 5) is 0. The monoisotopic (exact) mass is 520 g/mol. The van der Waals surface area contributed by atoms with Crippen LogP contribution in [0.15, 0.2) is 103 Å². The van der Waals surface area contributed by atoms with E-state index < -0.39 is 0 Å². The second-order valence-electron chi connectivity index (χ2n) is 11.3. The van der Waals surface area contributed by atoms with Gasteiger partial charge in [0, 0.05) is 10.8 Å². The Morgan fingerprint density at radius 1 is 0.538 bits per heavy atom. The van der Waals surface area contributed by atoms with Gasteiger partial charge >= 0.3 is 0 Å². The van der Waals surface area contributed by atoms with Gasteiger partial charge in [-0.15, -0.1) is 0 Å². The van der Waals surface area contributed by atoms with Crippen molar-refractivity contribution in [2.75, 3.05) is 26.4 Å². The molecule has 200 valence electrons. The standard InChI is InChI=1S/C35H36O4/c1-34(2,25-7-5-4-6-8-25)26-9-11-27(12-10-26)35(3,28-13-17-30(18-14-28)36-21-32-23-38-32)29-15-19-31(20-16-29)37-22-33-24-39-33/h4-20,32-33H,21-24H2,1-3H3. The van der Waals surface area contributed by atoms with Gasteiger partial charge in [0.2, 0.25) is 0 Å². The summed E-state index contributed by atoms with van der Waals surface area (Å²) in [6, 6.07) is 36.8. The molecule has 2 fully saturated rings. The molecule has 2 heterocycles. The summed E-state index contributed by atoms with van der Waals surface area (Å²) in [5, 5.41) is 0. The first kappa shape index (κ1) is 25.7. The molecule has 39 heavy (non-hydrogen) atoms. The maximum absolute atomic E-state index is 5.92. The summed E-state index contributed by atoms with van der Waals surface area (Å²) in [6.07, 6.45) is 0.474. The number of hydrogen-bond donors (Lipinski definition) is 0. The minimum absolute atomic E-state index is 0.0926. The molecule has 0 amide bonds. The Hall–Kier alpha value is -3.60. The Morgan fingerprint density at radius 3 is 1.31 bits per heavy atom. The fourth-order valence-electron chi connectivity index (χ4n) is 5.22. The second kappa shape index (κ2) is 10.5. The summed E-state index contributed by atoms with van der Waals surface area (Å²) in [6.45, 7) is 9.65. The fourth-order valence-corrected chi connectivity index (χ4v) is 5.22. The van der Waals surface area contributed by atoms with Crippen molar-refractivity contribution < 1.29 is 18.9 Å². The smallest absolute Gasteiger partial charge is 0.119 e. The van der Waals surface area contributed by atoms with Crippen molar-refractivity contribution in [3.05, 3.63) is 131 Å². The van der Waals surface area contributed by atoms with Gasteiger partial charge in [-0.2, -0.15) is 0 Å². The van der Waals surface area contributed by atoms with Gasteiger partial charge in [0.05, 0.1) is 13.2 Å². The third-order valence-corrected chi connectivity index (χ3v) is 8.22. The average Bonchev–Trinajstić information content (AvgIpc) is 3.92. The Bertz CT molecular complexity index is 1310. The minimum Gasteiger partial charge on any atom is -0.491 e. The van der Waals surface area contributed by atoms with Gasteiger partial charge in [-0.3, -0.25) is 0 Å². The first-order valence-corrected chi connectivity index (χ1v) is 13.8. The van der Waals surface area contributed by atoms with E-state index in [1.807, 2.05) is 0 Å². The fraction of sp³-hybridized carbons (Fsp3) is 0.314. The summed E-state index contributed by atoms with van der Waals surface area (Å²) >= 11 is 0. The summed E-state index contributed by atoms with van der Waals surface area (Å²) in [7, 11) is 0. The third-order valence-electron chi connectivity index (χ3n) is 8.22. The molecule has 4 heteroatoms. The molecular formula is C35H36O4. The maximum atomic E-state index is 5.92. The number of epoxide rings is 2. The van der Waals surface area contributed by atoms with E-state index in [9.17, 15) is 0 Å². The maximum Gasteiger partial charge on any atom is 0.119 e. The van der Waals surface area contributed by atoms with Crippen molar-refractivity contribution in [2.45, 2.75) is 43.8 Å². The van der Waals surface area contributed by atoms with Crippen LogP contribution in [0.5, 0.6) is 11.5 Å². The van der Waals surface area contributed by atoms with Crippen LogP contribution in [0.25, 0.3) is 0 Å². The number of benzene rings is 4. The van der Waals surface area contributed by atoms with Crippen LogP contribution in [0.3, 0.4) is 0 Å². The molecule has 2 aliphatic rings. The molecule has 6 rings (SSSR count). The van der Waals surface area contributed by atoms with Gasteiger partial charge in [0.25, 0.3) is 0 Å². The largest absolute Gasteiger partial charge is 0.491 e. The number of rotatable bonds is 11. The predicted molar refractivity (Wildman–Crippen MR) is 154 cm³/mol. The number of hydrogen-bond acceptors (Lipinski definition) is 4. The van der Waals surface area contributed by atoms with Gasteiger partial charge in [-0.1, -0.05) is 92.7 Å². The molecule has 2 saturated heterocycles. The van der Waals surface area contributed by atoms with E-state index in [1.165, 1.54) is 27.8 Å². The molecule has 4 aromatic carbocycles. The van der Waals surface area contributed by atoms with Gasteiger partial charge in [-0.25, -0.2) is 0 Å². The van der Waals surface area contributed by atoms with Crippen LogP contribution in [-0.4, -0.2) is 38.6 Å². The number of ether oxygens (including phenoxy) is 4. The first-order valence-electron chi connectivity index (χ1n) is 13.8. The highest BCUT2D eigenvalue weighted by Crippen LogP contribution is 2.41. The lowest BCUT2D eigenvalue weighted by molar-refractivity contribution is 0.263. The second-order valence-corrected chi connectivity index (χ2v) is 11.3. The van der Waals surface area contributed by atoms with E-state index in [1.54, 1.807) is 0 Å².